The third-order valence-corrected chi connectivity index (χ3v) is 4.65. The highest BCUT2D eigenvalue weighted by atomic mass is 79.9. The van der Waals surface area contributed by atoms with Crippen LogP contribution in [0.1, 0.15) is 11.8 Å². The largest absolute Gasteiger partial charge is 0.352 e. The number of nitrogens with zero attached hydrogens (tertiary/aromatic N) is 2. The van der Waals surface area contributed by atoms with Gasteiger partial charge in [0.1, 0.15) is 5.82 Å². The Morgan fingerprint density at radius 2 is 1.88 bits per heavy atom. The Bertz CT molecular complexity index is 847. The minimum absolute atomic E-state index is 0.149. The molecule has 4 rings (SSSR count). The van der Waals surface area contributed by atoms with Crippen LogP contribution in [-0.2, 0) is 4.74 Å². The van der Waals surface area contributed by atoms with E-state index in [1.807, 2.05) is 18.3 Å². The van der Waals surface area contributed by atoms with Crippen molar-refractivity contribution in [3.8, 4) is 5.69 Å². The number of aromatic nitrogens is 1. The lowest BCUT2D eigenvalue weighted by atomic mass is 10.2. The van der Waals surface area contributed by atoms with E-state index in [4.69, 9.17) is 4.74 Å². The van der Waals surface area contributed by atoms with Crippen molar-refractivity contribution in [2.45, 2.75) is 6.23 Å². The monoisotopic (exact) mass is 386 g/mol. The van der Waals surface area contributed by atoms with Crippen molar-refractivity contribution in [2.75, 3.05) is 18.1 Å². The van der Waals surface area contributed by atoms with Gasteiger partial charge < -0.3 is 14.2 Å². The summed E-state index contributed by atoms with van der Waals surface area (Å²) in [5.74, 6) is -0.226. The van der Waals surface area contributed by atoms with E-state index >= 15 is 0 Å². The number of ether oxygens (including phenoxy) is 1. The van der Waals surface area contributed by atoms with Crippen LogP contribution in [0, 0.1) is 5.82 Å². The molecule has 24 heavy (non-hydrogen) atoms. The minimum atomic E-state index is -0.226. The molecule has 1 fully saturated rings. The predicted octanol–water partition coefficient (Wildman–Crippen LogP) is 4.91. The summed E-state index contributed by atoms with van der Waals surface area (Å²) in [6, 6.07) is 16.8. The third-order valence-electron chi connectivity index (χ3n) is 4.16. The maximum atomic E-state index is 13.2. The van der Waals surface area contributed by atoms with Crippen molar-refractivity contribution >= 4 is 21.6 Å². The summed E-state index contributed by atoms with van der Waals surface area (Å²) in [7, 11) is 0. The number of hydrogen-bond acceptors (Lipinski definition) is 2. The van der Waals surface area contributed by atoms with Gasteiger partial charge in [-0.3, -0.25) is 0 Å². The average molecular weight is 387 g/mol. The van der Waals surface area contributed by atoms with Crippen molar-refractivity contribution in [1.82, 2.24) is 4.57 Å². The van der Waals surface area contributed by atoms with Crippen molar-refractivity contribution in [3.05, 3.63) is 82.8 Å². The fourth-order valence-corrected chi connectivity index (χ4v) is 3.39. The van der Waals surface area contributed by atoms with Gasteiger partial charge >= 0.3 is 0 Å². The van der Waals surface area contributed by atoms with Crippen LogP contribution >= 0.6 is 15.9 Å². The molecule has 2 aromatic carbocycles. The Hall–Kier alpha value is -2.11. The average Bonchev–Trinajstić information content (AvgIpc) is 3.24. The van der Waals surface area contributed by atoms with Gasteiger partial charge in [-0.15, -0.1) is 0 Å². The summed E-state index contributed by atoms with van der Waals surface area (Å²) in [5.41, 5.74) is 3.13. The van der Waals surface area contributed by atoms with E-state index in [0.717, 1.165) is 28.0 Å². The van der Waals surface area contributed by atoms with Gasteiger partial charge in [-0.2, -0.15) is 0 Å². The Morgan fingerprint density at radius 1 is 1.04 bits per heavy atom. The van der Waals surface area contributed by atoms with E-state index in [-0.39, 0.29) is 12.0 Å². The molecule has 0 aliphatic carbocycles. The van der Waals surface area contributed by atoms with Gasteiger partial charge in [0.15, 0.2) is 6.23 Å². The van der Waals surface area contributed by atoms with Crippen molar-refractivity contribution in [1.29, 1.82) is 0 Å². The molecule has 0 N–H and O–H groups in total. The third kappa shape index (κ3) is 2.97. The molecule has 0 amide bonds. The molecule has 2 heterocycles. The Balaban J connectivity index is 1.62. The van der Waals surface area contributed by atoms with Gasteiger partial charge in [0.2, 0.25) is 0 Å². The molecule has 0 unspecified atom stereocenters. The summed E-state index contributed by atoms with van der Waals surface area (Å²) in [4.78, 5) is 2.15. The molecule has 1 aromatic heterocycles. The molecule has 122 valence electrons. The molecular weight excluding hydrogens is 371 g/mol. The number of benzene rings is 2. The predicted molar refractivity (Wildman–Crippen MR) is 95.9 cm³/mol. The van der Waals surface area contributed by atoms with Gasteiger partial charge in [-0.05, 0) is 48.5 Å². The van der Waals surface area contributed by atoms with E-state index in [1.165, 1.54) is 12.1 Å². The standard InChI is InChI=1S/C19H16BrFN2O/c20-15-2-1-3-18(12-15)22-9-8-14(13-22)19-23(10-11-24-19)17-6-4-16(21)5-7-17/h1-9,12-13,19H,10-11H2/t19-/m1/s1. The van der Waals surface area contributed by atoms with E-state index in [1.54, 1.807) is 12.1 Å². The summed E-state index contributed by atoms with van der Waals surface area (Å²) >= 11 is 3.50. The van der Waals surface area contributed by atoms with Crippen LogP contribution in [0.5, 0.6) is 0 Å². The van der Waals surface area contributed by atoms with E-state index in [9.17, 15) is 4.39 Å². The molecule has 0 radical (unpaired) electrons. The lowest BCUT2D eigenvalue weighted by Crippen LogP contribution is -2.22. The van der Waals surface area contributed by atoms with Crippen LogP contribution < -0.4 is 4.90 Å². The van der Waals surface area contributed by atoms with Crippen LogP contribution in [0.25, 0.3) is 5.69 Å². The zero-order valence-electron chi connectivity index (χ0n) is 12.9. The zero-order valence-corrected chi connectivity index (χ0v) is 14.5. The van der Waals surface area contributed by atoms with Crippen LogP contribution in [0.3, 0.4) is 0 Å². The molecule has 1 atom stereocenters. The first kappa shape index (κ1) is 15.4. The number of hydrogen-bond donors (Lipinski definition) is 0. The lowest BCUT2D eigenvalue weighted by molar-refractivity contribution is 0.114. The molecule has 3 aromatic rings. The SMILES string of the molecule is Fc1ccc(N2CCO[C@@H]2c2ccn(-c3cccc(Br)c3)c2)cc1. The molecule has 1 saturated heterocycles. The normalized spacial score (nSPS) is 17.4. The van der Waals surface area contributed by atoms with Gasteiger partial charge in [-0.1, -0.05) is 22.0 Å². The number of halogens is 2. The van der Waals surface area contributed by atoms with E-state index in [2.05, 4.69) is 49.8 Å². The second kappa shape index (κ2) is 6.42. The van der Waals surface area contributed by atoms with Crippen molar-refractivity contribution in [2.24, 2.45) is 0 Å². The molecular formula is C19H16BrFN2O. The second-order valence-electron chi connectivity index (χ2n) is 5.72. The summed E-state index contributed by atoms with van der Waals surface area (Å²) in [6.45, 7) is 1.45. The van der Waals surface area contributed by atoms with Crippen molar-refractivity contribution in [3.63, 3.8) is 0 Å². The maximum absolute atomic E-state index is 13.2. The molecule has 3 nitrogen and oxygen atoms in total. The first-order valence-electron chi connectivity index (χ1n) is 7.78. The maximum Gasteiger partial charge on any atom is 0.158 e. The molecule has 1 aliphatic heterocycles. The van der Waals surface area contributed by atoms with Gasteiger partial charge in [-0.25, -0.2) is 4.39 Å². The first-order valence-corrected chi connectivity index (χ1v) is 8.58. The summed E-state index contributed by atoms with van der Waals surface area (Å²) in [6.07, 6.45) is 3.96. The minimum Gasteiger partial charge on any atom is -0.352 e. The van der Waals surface area contributed by atoms with Crippen molar-refractivity contribution < 1.29 is 9.13 Å². The van der Waals surface area contributed by atoms with E-state index in [0.29, 0.717) is 6.61 Å². The molecule has 0 spiro atoms. The van der Waals surface area contributed by atoms with Gasteiger partial charge in [0.05, 0.1) is 6.61 Å². The van der Waals surface area contributed by atoms with Crippen LogP contribution in [0.4, 0.5) is 10.1 Å². The molecule has 5 heteroatoms. The van der Waals surface area contributed by atoms with E-state index < -0.39 is 0 Å². The highest BCUT2D eigenvalue weighted by molar-refractivity contribution is 9.10. The number of anilines is 1. The molecule has 1 aliphatic rings. The first-order chi connectivity index (χ1) is 11.7. The topological polar surface area (TPSA) is 17.4 Å². The fraction of sp³-hybridized carbons (Fsp3) is 0.158. The highest BCUT2D eigenvalue weighted by Crippen LogP contribution is 2.32. The number of rotatable bonds is 3. The zero-order chi connectivity index (χ0) is 16.5. The second-order valence-corrected chi connectivity index (χ2v) is 6.64. The van der Waals surface area contributed by atoms with Crippen LogP contribution in [-0.4, -0.2) is 17.7 Å². The lowest BCUT2D eigenvalue weighted by Gasteiger charge is -2.24. The van der Waals surface area contributed by atoms with Gasteiger partial charge in [0, 0.05) is 40.3 Å². The summed E-state index contributed by atoms with van der Waals surface area (Å²) < 4.78 is 22.2. The smallest absolute Gasteiger partial charge is 0.158 e. The molecule has 0 saturated carbocycles. The Labute approximate surface area is 148 Å². The highest BCUT2D eigenvalue weighted by Gasteiger charge is 2.27. The van der Waals surface area contributed by atoms with Crippen LogP contribution in [0.15, 0.2) is 71.5 Å². The molecule has 0 bridgehead atoms. The Kier molecular flexibility index (Phi) is 4.12. The summed E-state index contributed by atoms with van der Waals surface area (Å²) in [5, 5.41) is 0. The fourth-order valence-electron chi connectivity index (χ4n) is 3.00. The quantitative estimate of drug-likeness (QED) is 0.635. The van der Waals surface area contributed by atoms with Gasteiger partial charge in [0.25, 0.3) is 0 Å². The Morgan fingerprint density at radius 3 is 2.67 bits per heavy atom. The van der Waals surface area contributed by atoms with Crippen LogP contribution in [0.2, 0.25) is 0 Å².